The lowest BCUT2D eigenvalue weighted by Gasteiger charge is -2.23. The van der Waals surface area contributed by atoms with Crippen LogP contribution in [0.3, 0.4) is 0 Å². The highest BCUT2D eigenvalue weighted by Crippen LogP contribution is 2.35. The highest BCUT2D eigenvalue weighted by molar-refractivity contribution is 7.21. The monoisotopic (exact) mass is 408 g/mol. The van der Waals surface area contributed by atoms with Gasteiger partial charge in [-0.3, -0.25) is 0 Å². The third kappa shape index (κ3) is 3.84. The molecule has 4 aromatic rings. The lowest BCUT2D eigenvalue weighted by atomic mass is 9.96. The van der Waals surface area contributed by atoms with Gasteiger partial charge in [0.15, 0.2) is 5.82 Å². The molecule has 0 spiro atoms. The molecule has 152 valence electrons. The Kier molecular flexibility index (Phi) is 5.04. The number of imidazole rings is 1. The Labute approximate surface area is 175 Å². The summed E-state index contributed by atoms with van der Waals surface area (Å²) in [5.41, 5.74) is 5.41. The van der Waals surface area contributed by atoms with Crippen LogP contribution in [0.5, 0.6) is 0 Å². The zero-order valence-corrected chi connectivity index (χ0v) is 18.7. The van der Waals surface area contributed by atoms with E-state index in [1.54, 1.807) is 11.3 Å². The van der Waals surface area contributed by atoms with E-state index in [0.717, 1.165) is 44.3 Å². The van der Waals surface area contributed by atoms with Crippen LogP contribution in [0.25, 0.3) is 32.0 Å². The first kappa shape index (κ1) is 19.8. The second kappa shape index (κ2) is 7.39. The minimum atomic E-state index is 0.254. The normalized spacial score (nSPS) is 13.3. The maximum absolute atomic E-state index is 4.95. The number of anilines is 1. The largest absolute Gasteiger partial charge is 0.371 e. The van der Waals surface area contributed by atoms with Gasteiger partial charge in [0, 0.05) is 32.2 Å². The Morgan fingerprint density at radius 1 is 1.17 bits per heavy atom. The molecular formula is C22H28N6S. The van der Waals surface area contributed by atoms with Crippen molar-refractivity contribution in [1.82, 2.24) is 24.8 Å². The average Bonchev–Trinajstić information content (AvgIpc) is 3.28. The van der Waals surface area contributed by atoms with Crippen LogP contribution in [0.4, 0.5) is 5.82 Å². The molecule has 0 saturated heterocycles. The summed E-state index contributed by atoms with van der Waals surface area (Å²) < 4.78 is 2.01. The SMILES string of the molecule is CNc1nc2sc(-c3cccc(C(C)NCC(C)(C)C)c3)nc2c2c1ncn2C. The Bertz CT molecular complexity index is 1170. The van der Waals surface area contributed by atoms with Crippen LogP contribution in [0.1, 0.15) is 39.3 Å². The Morgan fingerprint density at radius 3 is 2.69 bits per heavy atom. The summed E-state index contributed by atoms with van der Waals surface area (Å²) in [6.45, 7) is 9.92. The maximum atomic E-state index is 4.95. The fraction of sp³-hybridized carbons (Fsp3) is 0.409. The van der Waals surface area contributed by atoms with E-state index in [4.69, 9.17) is 9.97 Å². The third-order valence-electron chi connectivity index (χ3n) is 5.02. The minimum Gasteiger partial charge on any atom is -0.371 e. The molecule has 3 aromatic heterocycles. The molecule has 0 bridgehead atoms. The van der Waals surface area contributed by atoms with Gasteiger partial charge < -0.3 is 15.2 Å². The fourth-order valence-corrected chi connectivity index (χ4v) is 4.34. The van der Waals surface area contributed by atoms with E-state index in [-0.39, 0.29) is 11.5 Å². The summed E-state index contributed by atoms with van der Waals surface area (Å²) in [7, 11) is 3.87. The van der Waals surface area contributed by atoms with Crippen LogP contribution in [0, 0.1) is 5.41 Å². The van der Waals surface area contributed by atoms with Gasteiger partial charge in [-0.25, -0.2) is 15.0 Å². The predicted octanol–water partition coefficient (Wildman–Crippen LogP) is 4.98. The van der Waals surface area contributed by atoms with Crippen molar-refractivity contribution in [3.05, 3.63) is 36.2 Å². The molecule has 6 nitrogen and oxygen atoms in total. The molecule has 4 rings (SSSR count). The van der Waals surface area contributed by atoms with Crippen molar-refractivity contribution in [1.29, 1.82) is 0 Å². The molecule has 0 amide bonds. The number of nitrogens with zero attached hydrogens (tertiary/aromatic N) is 4. The topological polar surface area (TPSA) is 67.7 Å². The smallest absolute Gasteiger partial charge is 0.155 e. The van der Waals surface area contributed by atoms with Crippen LogP contribution in [-0.4, -0.2) is 33.1 Å². The molecule has 0 saturated carbocycles. The zero-order chi connectivity index (χ0) is 20.8. The molecule has 1 unspecified atom stereocenters. The first-order chi connectivity index (χ1) is 13.8. The summed E-state index contributed by atoms with van der Waals surface area (Å²) in [5, 5.41) is 7.78. The van der Waals surface area contributed by atoms with Crippen LogP contribution in [-0.2, 0) is 7.05 Å². The van der Waals surface area contributed by atoms with Crippen molar-refractivity contribution in [3.8, 4) is 10.6 Å². The van der Waals surface area contributed by atoms with Gasteiger partial charge >= 0.3 is 0 Å². The number of hydrogen-bond acceptors (Lipinski definition) is 6. The van der Waals surface area contributed by atoms with Crippen LogP contribution < -0.4 is 10.6 Å². The number of hydrogen-bond donors (Lipinski definition) is 2. The van der Waals surface area contributed by atoms with Gasteiger partial charge in [-0.2, -0.15) is 0 Å². The number of pyridine rings is 1. The highest BCUT2D eigenvalue weighted by Gasteiger charge is 2.18. The highest BCUT2D eigenvalue weighted by atomic mass is 32.1. The van der Waals surface area contributed by atoms with Crippen molar-refractivity contribution in [2.24, 2.45) is 12.5 Å². The first-order valence-electron chi connectivity index (χ1n) is 9.90. The molecule has 0 aliphatic carbocycles. The Morgan fingerprint density at radius 2 is 1.97 bits per heavy atom. The lowest BCUT2D eigenvalue weighted by Crippen LogP contribution is -2.29. The molecule has 0 aliphatic heterocycles. The van der Waals surface area contributed by atoms with Gasteiger partial charge in [0.1, 0.15) is 26.4 Å². The van der Waals surface area contributed by atoms with Gasteiger partial charge in [0.05, 0.1) is 6.33 Å². The van der Waals surface area contributed by atoms with Gasteiger partial charge in [-0.05, 0) is 24.0 Å². The second-order valence-electron chi connectivity index (χ2n) is 8.72. The second-order valence-corrected chi connectivity index (χ2v) is 9.70. The van der Waals surface area contributed by atoms with Gasteiger partial charge in [-0.1, -0.05) is 50.3 Å². The van der Waals surface area contributed by atoms with Crippen LogP contribution in [0.15, 0.2) is 30.6 Å². The van der Waals surface area contributed by atoms with Crippen LogP contribution >= 0.6 is 11.3 Å². The van der Waals surface area contributed by atoms with E-state index < -0.39 is 0 Å². The lowest BCUT2D eigenvalue weighted by molar-refractivity contribution is 0.359. The molecule has 1 aromatic carbocycles. The van der Waals surface area contributed by atoms with Gasteiger partial charge in [0.25, 0.3) is 0 Å². The van der Waals surface area contributed by atoms with Crippen molar-refractivity contribution in [2.75, 3.05) is 18.9 Å². The molecule has 0 aliphatic rings. The van der Waals surface area contributed by atoms with Crippen molar-refractivity contribution >= 4 is 38.5 Å². The van der Waals surface area contributed by atoms with E-state index in [1.807, 2.05) is 25.0 Å². The molecular weight excluding hydrogens is 380 g/mol. The standard InChI is InChI=1S/C22H28N6S/c1-13(24-11-22(2,3)4)14-8-7-9-15(10-14)20-26-17-18-16(25-12-28(18)6)19(23-5)27-21(17)29-20/h7-10,12-13,24H,11H2,1-6H3,(H,23,27). The number of aryl methyl sites for hydroxylation is 1. The Hall–Kier alpha value is -2.51. The number of fused-ring (bicyclic) bond motifs is 3. The molecule has 7 heteroatoms. The van der Waals surface area contributed by atoms with Crippen molar-refractivity contribution in [2.45, 2.75) is 33.7 Å². The number of rotatable bonds is 5. The van der Waals surface area contributed by atoms with E-state index in [2.05, 4.69) is 67.6 Å². The first-order valence-corrected chi connectivity index (χ1v) is 10.7. The van der Waals surface area contributed by atoms with Gasteiger partial charge in [0.2, 0.25) is 0 Å². The molecule has 1 atom stereocenters. The molecule has 3 heterocycles. The summed E-state index contributed by atoms with van der Waals surface area (Å²) in [4.78, 5) is 15.1. The number of aromatic nitrogens is 4. The fourth-order valence-electron chi connectivity index (χ4n) is 3.40. The number of nitrogens with one attached hydrogen (secondary N) is 2. The zero-order valence-electron chi connectivity index (χ0n) is 17.9. The molecule has 0 fully saturated rings. The summed E-state index contributed by atoms with van der Waals surface area (Å²) in [6.07, 6.45) is 1.81. The van der Waals surface area contributed by atoms with Crippen molar-refractivity contribution < 1.29 is 0 Å². The number of benzene rings is 1. The van der Waals surface area contributed by atoms with Crippen molar-refractivity contribution in [3.63, 3.8) is 0 Å². The van der Waals surface area contributed by atoms with Gasteiger partial charge in [-0.15, -0.1) is 0 Å². The third-order valence-corrected chi connectivity index (χ3v) is 6.02. The predicted molar refractivity (Wildman–Crippen MR) is 123 cm³/mol. The quantitative estimate of drug-likeness (QED) is 0.487. The average molecular weight is 409 g/mol. The minimum absolute atomic E-state index is 0.254. The summed E-state index contributed by atoms with van der Waals surface area (Å²) in [6, 6.07) is 8.92. The summed E-state index contributed by atoms with van der Waals surface area (Å²) in [5.74, 6) is 0.789. The Balaban J connectivity index is 1.74. The molecule has 0 radical (unpaired) electrons. The molecule has 2 N–H and O–H groups in total. The van der Waals surface area contributed by atoms with E-state index >= 15 is 0 Å². The number of thiazole rings is 1. The maximum Gasteiger partial charge on any atom is 0.155 e. The molecule has 29 heavy (non-hydrogen) atoms. The van der Waals surface area contributed by atoms with Crippen LogP contribution in [0.2, 0.25) is 0 Å². The van der Waals surface area contributed by atoms with E-state index in [9.17, 15) is 0 Å². The summed E-state index contributed by atoms with van der Waals surface area (Å²) >= 11 is 1.62. The van der Waals surface area contributed by atoms with E-state index in [0.29, 0.717) is 0 Å². The van der Waals surface area contributed by atoms with E-state index in [1.165, 1.54) is 5.56 Å².